The van der Waals surface area contributed by atoms with E-state index < -0.39 is 11.7 Å². The Labute approximate surface area is 158 Å². The van der Waals surface area contributed by atoms with Crippen LogP contribution < -0.4 is 5.32 Å². The maximum absolute atomic E-state index is 12.9. The first-order valence-corrected chi connectivity index (χ1v) is 8.90. The molecule has 1 heterocycles. The van der Waals surface area contributed by atoms with E-state index in [1.54, 1.807) is 6.92 Å². The Kier molecular flexibility index (Phi) is 6.03. The van der Waals surface area contributed by atoms with Crippen molar-refractivity contribution in [2.24, 2.45) is 0 Å². The lowest BCUT2D eigenvalue weighted by Crippen LogP contribution is -2.10. The summed E-state index contributed by atoms with van der Waals surface area (Å²) >= 11 is 9.40. The van der Waals surface area contributed by atoms with E-state index in [2.05, 4.69) is 26.3 Å². The molecule has 2 rings (SSSR count). The average Bonchev–Trinajstić information content (AvgIpc) is 2.85. The summed E-state index contributed by atoms with van der Waals surface area (Å²) in [6.07, 6.45) is -4.55. The van der Waals surface area contributed by atoms with Crippen LogP contribution in [0.3, 0.4) is 0 Å². The Morgan fingerprint density at radius 3 is 2.64 bits per heavy atom. The molecule has 0 unspecified atom stereocenters. The monoisotopic (exact) mass is 453 g/mol. The molecular weight excluding hydrogens is 445 g/mol. The van der Waals surface area contributed by atoms with Gasteiger partial charge in [-0.2, -0.15) is 23.5 Å². The van der Waals surface area contributed by atoms with Crippen LogP contribution in [-0.4, -0.2) is 16.3 Å². The van der Waals surface area contributed by atoms with Gasteiger partial charge < -0.3 is 5.32 Å². The minimum absolute atomic E-state index is 0.00200. The Hall–Kier alpha value is -1.70. The molecule has 25 heavy (non-hydrogen) atoms. The van der Waals surface area contributed by atoms with Crippen LogP contribution >= 0.6 is 27.5 Å². The molecule has 1 aromatic heterocycles. The second-order valence-electron chi connectivity index (χ2n) is 4.78. The summed E-state index contributed by atoms with van der Waals surface area (Å²) in [6, 6.07) is 3.55. The minimum atomic E-state index is -4.55. The van der Waals surface area contributed by atoms with E-state index in [-0.39, 0.29) is 38.3 Å². The lowest BCUT2D eigenvalue weighted by Gasteiger charge is -2.15. The van der Waals surface area contributed by atoms with Gasteiger partial charge >= 0.3 is 17.8 Å². The zero-order valence-corrected chi connectivity index (χ0v) is 15.8. The molecule has 0 aliphatic rings. The van der Waals surface area contributed by atoms with Crippen LogP contribution in [0.4, 0.5) is 19.0 Å². The van der Waals surface area contributed by atoms with Gasteiger partial charge in [-0.3, -0.25) is 0 Å². The molecular formula is C14H10BrClF3N4OS+. The van der Waals surface area contributed by atoms with Gasteiger partial charge in [0.2, 0.25) is 0 Å². The van der Waals surface area contributed by atoms with E-state index >= 15 is 0 Å². The van der Waals surface area contributed by atoms with Crippen LogP contribution in [0, 0.1) is 11.3 Å². The van der Waals surface area contributed by atoms with Gasteiger partial charge in [0, 0.05) is 15.2 Å². The summed E-state index contributed by atoms with van der Waals surface area (Å²) in [4.78, 5) is 0. The number of hydrogen-bond donors (Lipinski definition) is 1. The van der Waals surface area contributed by atoms with E-state index in [0.29, 0.717) is 17.9 Å². The average molecular weight is 455 g/mol. The van der Waals surface area contributed by atoms with Crippen LogP contribution in [-0.2, 0) is 27.8 Å². The van der Waals surface area contributed by atoms with E-state index in [4.69, 9.17) is 11.6 Å². The van der Waals surface area contributed by atoms with Crippen LogP contribution in [0.2, 0.25) is 5.02 Å². The van der Waals surface area contributed by atoms with Crippen molar-refractivity contribution in [3.05, 3.63) is 38.4 Å². The summed E-state index contributed by atoms with van der Waals surface area (Å²) in [6.45, 7) is 2.24. The van der Waals surface area contributed by atoms with Crippen molar-refractivity contribution in [1.82, 2.24) is 9.78 Å². The highest BCUT2D eigenvalue weighted by Crippen LogP contribution is 2.39. The largest absolute Gasteiger partial charge is 0.464 e. The number of halogens is 5. The summed E-state index contributed by atoms with van der Waals surface area (Å²) in [5.41, 5.74) is -0.403. The van der Waals surface area contributed by atoms with Crippen LogP contribution in [0.15, 0.2) is 16.6 Å². The molecule has 0 atom stereocenters. The zero-order valence-electron chi connectivity index (χ0n) is 12.6. The Bertz CT molecular complexity index is 840. The molecule has 0 saturated carbocycles. The molecule has 0 radical (unpaired) electrons. The standard InChI is InChI=1S/C14H10BrClF3N4OS/c1-2-21-13-8(6-25-24)11(5-20)22-23(13)12-9(15)3-7(4-10(12)16)14(17,18)19/h3-4,21H,2,6H2,1H3/q+1. The third-order valence-corrected chi connectivity index (χ3v) is 4.49. The zero-order chi connectivity index (χ0) is 18.8. The molecule has 0 aliphatic heterocycles. The third kappa shape index (κ3) is 3.94. The Morgan fingerprint density at radius 2 is 2.16 bits per heavy atom. The first-order valence-electron chi connectivity index (χ1n) is 6.81. The van der Waals surface area contributed by atoms with Crippen molar-refractivity contribution in [2.75, 3.05) is 11.9 Å². The fourth-order valence-corrected chi connectivity index (χ4v) is 3.61. The number of nitriles is 1. The van der Waals surface area contributed by atoms with Crippen LogP contribution in [0.5, 0.6) is 0 Å². The molecule has 1 aromatic carbocycles. The maximum Gasteiger partial charge on any atom is 0.464 e. The van der Waals surface area contributed by atoms with Crippen molar-refractivity contribution < 1.29 is 17.4 Å². The predicted molar refractivity (Wildman–Crippen MR) is 91.9 cm³/mol. The molecule has 0 amide bonds. The highest BCUT2D eigenvalue weighted by atomic mass is 79.9. The van der Waals surface area contributed by atoms with Gasteiger partial charge in [0.05, 0.1) is 21.8 Å². The number of anilines is 1. The summed E-state index contributed by atoms with van der Waals surface area (Å²) < 4.78 is 51.0. The molecule has 11 heteroatoms. The van der Waals surface area contributed by atoms with Crippen LogP contribution in [0.25, 0.3) is 5.69 Å². The van der Waals surface area contributed by atoms with Crippen LogP contribution in [0.1, 0.15) is 23.7 Å². The van der Waals surface area contributed by atoms with Gasteiger partial charge in [-0.1, -0.05) is 11.6 Å². The second kappa shape index (κ2) is 7.68. The number of alkyl halides is 3. The molecule has 0 spiro atoms. The summed E-state index contributed by atoms with van der Waals surface area (Å²) in [5.74, 6) is 0.311. The molecule has 0 fully saturated rings. The van der Waals surface area contributed by atoms with Gasteiger partial charge in [-0.15, -0.1) is 0 Å². The number of rotatable bonds is 5. The third-order valence-electron chi connectivity index (χ3n) is 3.19. The number of aromatic nitrogens is 2. The number of nitrogens with zero attached hydrogens (tertiary/aromatic N) is 3. The first-order chi connectivity index (χ1) is 11.7. The van der Waals surface area contributed by atoms with Crippen molar-refractivity contribution in [1.29, 1.82) is 5.26 Å². The molecule has 132 valence electrons. The van der Waals surface area contributed by atoms with Crippen molar-refractivity contribution in [3.63, 3.8) is 0 Å². The summed E-state index contributed by atoms with van der Waals surface area (Å²) in [7, 11) is 0. The second-order valence-corrected chi connectivity index (χ2v) is 6.56. The van der Waals surface area contributed by atoms with Gasteiger partial charge in [-0.05, 0) is 35.0 Å². The van der Waals surface area contributed by atoms with E-state index in [0.717, 1.165) is 12.1 Å². The van der Waals surface area contributed by atoms with Gasteiger partial charge in [0.1, 0.15) is 11.9 Å². The van der Waals surface area contributed by atoms with Gasteiger partial charge in [-0.25, -0.2) is 4.68 Å². The highest BCUT2D eigenvalue weighted by molar-refractivity contribution is 9.10. The molecule has 0 aliphatic carbocycles. The SMILES string of the molecule is CCNc1c(C[S+]=O)c(C#N)nn1-c1c(Cl)cc(C(F)(F)F)cc1Br. The van der Waals surface area contributed by atoms with E-state index in [1.807, 2.05) is 6.07 Å². The molecule has 0 saturated heterocycles. The first kappa shape index (κ1) is 19.6. The van der Waals surface area contributed by atoms with Crippen molar-refractivity contribution in [2.45, 2.75) is 18.9 Å². The molecule has 0 bridgehead atoms. The minimum Gasteiger partial charge on any atom is -0.370 e. The van der Waals surface area contributed by atoms with Gasteiger partial charge in [0.25, 0.3) is 5.75 Å². The van der Waals surface area contributed by atoms with Gasteiger partial charge in [0.15, 0.2) is 5.69 Å². The fourth-order valence-electron chi connectivity index (χ4n) is 2.18. The number of hydrogen-bond acceptors (Lipinski definition) is 4. The Morgan fingerprint density at radius 1 is 1.48 bits per heavy atom. The number of benzene rings is 1. The fraction of sp³-hybridized carbons (Fsp3) is 0.286. The highest BCUT2D eigenvalue weighted by Gasteiger charge is 2.33. The quantitative estimate of drug-likeness (QED) is 0.674. The number of nitrogens with one attached hydrogen (secondary N) is 1. The van der Waals surface area contributed by atoms with Crippen molar-refractivity contribution in [3.8, 4) is 11.8 Å². The topological polar surface area (TPSA) is 70.7 Å². The van der Waals surface area contributed by atoms with E-state index in [1.165, 1.54) is 4.68 Å². The van der Waals surface area contributed by atoms with E-state index in [9.17, 15) is 22.6 Å². The Balaban J connectivity index is 2.74. The lowest BCUT2D eigenvalue weighted by molar-refractivity contribution is -0.137. The maximum atomic E-state index is 12.9. The molecule has 1 N–H and O–H groups in total. The summed E-state index contributed by atoms with van der Waals surface area (Å²) in [5, 5.41) is 16.1. The predicted octanol–water partition coefficient (Wildman–Crippen LogP) is 4.54. The molecule has 5 nitrogen and oxygen atoms in total. The van der Waals surface area contributed by atoms with Crippen molar-refractivity contribution >= 4 is 45.0 Å². The lowest BCUT2D eigenvalue weighted by atomic mass is 10.2. The smallest absolute Gasteiger partial charge is 0.370 e. The molecule has 2 aromatic rings. The normalized spacial score (nSPS) is 11.2.